The quantitative estimate of drug-likeness (QED) is 0.430. The molecule has 0 N–H and O–H groups in total. The molecule has 0 aliphatic heterocycles. The number of halogens is 1. The zero-order valence-corrected chi connectivity index (χ0v) is 5.94. The first kappa shape index (κ1) is 8.21. The highest BCUT2D eigenvalue weighted by molar-refractivity contribution is 6.17. The van der Waals surface area contributed by atoms with Crippen molar-refractivity contribution in [3.8, 4) is 0 Å². The summed E-state index contributed by atoms with van der Waals surface area (Å²) >= 11 is 5.32. The molecule has 0 aromatic carbocycles. The van der Waals surface area contributed by atoms with E-state index in [0.717, 1.165) is 0 Å². The lowest BCUT2D eigenvalue weighted by atomic mass is 10.7. The van der Waals surface area contributed by atoms with Crippen LogP contribution in [0.15, 0.2) is 0 Å². The molecule has 0 fully saturated rings. The minimum atomic E-state index is -0.131. The van der Waals surface area contributed by atoms with Gasteiger partial charge in [-0.05, 0) is 6.92 Å². The number of hydrogen-bond acceptors (Lipinski definition) is 2. The van der Waals surface area contributed by atoms with Crippen molar-refractivity contribution in [2.75, 3.05) is 19.6 Å². The molecule has 0 spiro atoms. The first-order valence-electron chi connectivity index (χ1n) is 2.51. The average molecular weight is 139 g/mol. The molecule has 0 heterocycles. The van der Waals surface area contributed by atoms with Gasteiger partial charge in [0.15, 0.2) is 6.29 Å². The Morgan fingerprint density at radius 3 is 2.62 bits per heavy atom. The van der Waals surface area contributed by atoms with Crippen molar-refractivity contribution in [1.82, 2.24) is 0 Å². The van der Waals surface area contributed by atoms with E-state index in [9.17, 15) is 0 Å². The smallest absolute Gasteiger partial charge is 0.154 e. The predicted octanol–water partition coefficient (Wildman–Crippen LogP) is 1.23. The summed E-state index contributed by atoms with van der Waals surface area (Å²) in [5.41, 5.74) is 0. The van der Waals surface area contributed by atoms with E-state index in [1.807, 2.05) is 6.92 Å². The van der Waals surface area contributed by atoms with E-state index in [0.29, 0.717) is 12.5 Å². The lowest BCUT2D eigenvalue weighted by Gasteiger charge is -2.07. The van der Waals surface area contributed by atoms with Gasteiger partial charge in [-0.1, -0.05) is 0 Å². The molecule has 50 valence electrons. The van der Waals surface area contributed by atoms with Gasteiger partial charge in [0.2, 0.25) is 0 Å². The third kappa shape index (κ3) is 4.37. The fourth-order valence-corrected chi connectivity index (χ4v) is 0.368. The summed E-state index contributed by atoms with van der Waals surface area (Å²) in [6.45, 7) is 2.38. The molecule has 0 aromatic heterocycles. The van der Waals surface area contributed by atoms with Crippen LogP contribution in [0.25, 0.3) is 0 Å². The molecule has 1 atom stereocenters. The number of alkyl halides is 1. The van der Waals surface area contributed by atoms with E-state index in [1.165, 1.54) is 0 Å². The average Bonchev–Trinajstić information content (AvgIpc) is 1.83. The molecule has 0 aromatic rings. The number of ether oxygens (including phenoxy) is 2. The molecule has 0 bridgehead atoms. The molecule has 0 aliphatic rings. The van der Waals surface area contributed by atoms with Crippen LogP contribution in [0.3, 0.4) is 0 Å². The van der Waals surface area contributed by atoms with Crippen LogP contribution in [0.1, 0.15) is 6.92 Å². The zero-order valence-electron chi connectivity index (χ0n) is 5.19. The van der Waals surface area contributed by atoms with Gasteiger partial charge in [0.25, 0.3) is 0 Å². The van der Waals surface area contributed by atoms with Crippen molar-refractivity contribution in [3.05, 3.63) is 0 Å². The van der Waals surface area contributed by atoms with Crippen molar-refractivity contribution in [2.45, 2.75) is 13.2 Å². The minimum absolute atomic E-state index is 0.131. The predicted molar refractivity (Wildman–Crippen MR) is 33.1 cm³/mol. The van der Waals surface area contributed by atoms with Gasteiger partial charge in [0.1, 0.15) is 0 Å². The number of methoxy groups -OCH3 is 1. The highest BCUT2D eigenvalue weighted by atomic mass is 35.5. The fraction of sp³-hybridized carbons (Fsp3) is 1.00. The van der Waals surface area contributed by atoms with Gasteiger partial charge in [-0.2, -0.15) is 0 Å². The van der Waals surface area contributed by atoms with Crippen LogP contribution in [0, 0.1) is 0 Å². The Kier molecular flexibility index (Phi) is 5.49. The van der Waals surface area contributed by atoms with Crippen molar-refractivity contribution in [2.24, 2.45) is 0 Å². The van der Waals surface area contributed by atoms with Crippen molar-refractivity contribution in [1.29, 1.82) is 0 Å². The van der Waals surface area contributed by atoms with Crippen molar-refractivity contribution >= 4 is 11.6 Å². The molecule has 0 saturated heterocycles. The van der Waals surface area contributed by atoms with Crippen LogP contribution in [-0.4, -0.2) is 25.9 Å². The maximum absolute atomic E-state index is 5.32. The van der Waals surface area contributed by atoms with E-state index < -0.39 is 0 Å². The minimum Gasteiger partial charge on any atom is -0.356 e. The summed E-state index contributed by atoms with van der Waals surface area (Å²) in [7, 11) is 1.60. The molecule has 3 heteroatoms. The SMILES string of the molecule is COC(C)OCCCl. The molecular formula is C5H11ClO2. The number of rotatable bonds is 4. The molecule has 0 aliphatic carbocycles. The molecule has 0 rings (SSSR count). The molecule has 2 nitrogen and oxygen atoms in total. The molecule has 0 saturated carbocycles. The molecule has 8 heavy (non-hydrogen) atoms. The van der Waals surface area contributed by atoms with Gasteiger partial charge >= 0.3 is 0 Å². The third-order valence-corrected chi connectivity index (χ3v) is 0.916. The van der Waals surface area contributed by atoms with Gasteiger partial charge in [-0.15, -0.1) is 11.6 Å². The summed E-state index contributed by atoms with van der Waals surface area (Å²) in [6.07, 6.45) is -0.131. The van der Waals surface area contributed by atoms with Gasteiger partial charge in [0, 0.05) is 13.0 Å². The second-order valence-electron chi connectivity index (χ2n) is 1.36. The Hall–Kier alpha value is 0.210. The van der Waals surface area contributed by atoms with E-state index >= 15 is 0 Å². The van der Waals surface area contributed by atoms with Gasteiger partial charge in [-0.25, -0.2) is 0 Å². The van der Waals surface area contributed by atoms with E-state index in [2.05, 4.69) is 0 Å². The molecule has 1 unspecified atom stereocenters. The second-order valence-corrected chi connectivity index (χ2v) is 1.74. The maximum Gasteiger partial charge on any atom is 0.154 e. The van der Waals surface area contributed by atoms with Crippen LogP contribution < -0.4 is 0 Å². The van der Waals surface area contributed by atoms with E-state index in [-0.39, 0.29) is 6.29 Å². The van der Waals surface area contributed by atoms with Crippen LogP contribution >= 0.6 is 11.6 Å². The Morgan fingerprint density at radius 1 is 1.62 bits per heavy atom. The molecule has 0 radical (unpaired) electrons. The highest BCUT2D eigenvalue weighted by Gasteiger charge is 1.94. The maximum atomic E-state index is 5.32. The first-order chi connectivity index (χ1) is 3.81. The Balaban J connectivity index is 2.86. The molecular weight excluding hydrogens is 128 g/mol. The summed E-state index contributed by atoms with van der Waals surface area (Å²) in [5, 5.41) is 0. The monoisotopic (exact) mass is 138 g/mol. The van der Waals surface area contributed by atoms with Crippen LogP contribution in [0.4, 0.5) is 0 Å². The van der Waals surface area contributed by atoms with Gasteiger partial charge < -0.3 is 9.47 Å². The fourth-order valence-electron chi connectivity index (χ4n) is 0.279. The Bertz CT molecular complexity index is 49.7. The van der Waals surface area contributed by atoms with Gasteiger partial charge in [-0.3, -0.25) is 0 Å². The highest BCUT2D eigenvalue weighted by Crippen LogP contribution is 1.89. The van der Waals surface area contributed by atoms with E-state index in [4.69, 9.17) is 21.1 Å². The third-order valence-electron chi connectivity index (χ3n) is 0.762. The summed E-state index contributed by atoms with van der Waals surface area (Å²) in [4.78, 5) is 0. The standard InChI is InChI=1S/C5H11ClO2/c1-5(7-2)8-4-3-6/h5H,3-4H2,1-2H3. The molecule has 0 amide bonds. The summed E-state index contributed by atoms with van der Waals surface area (Å²) in [5.74, 6) is 0.522. The second kappa shape index (κ2) is 5.35. The number of hydrogen-bond donors (Lipinski definition) is 0. The Morgan fingerprint density at radius 2 is 2.25 bits per heavy atom. The summed E-state index contributed by atoms with van der Waals surface area (Å²) in [6, 6.07) is 0. The summed E-state index contributed by atoms with van der Waals surface area (Å²) < 4.78 is 9.76. The van der Waals surface area contributed by atoms with Crippen molar-refractivity contribution in [3.63, 3.8) is 0 Å². The lowest BCUT2D eigenvalue weighted by molar-refractivity contribution is -0.106. The Labute approximate surface area is 54.7 Å². The first-order valence-corrected chi connectivity index (χ1v) is 3.05. The van der Waals surface area contributed by atoms with E-state index in [1.54, 1.807) is 7.11 Å². The van der Waals surface area contributed by atoms with Crippen molar-refractivity contribution < 1.29 is 9.47 Å². The van der Waals surface area contributed by atoms with Crippen LogP contribution in [0.2, 0.25) is 0 Å². The normalized spacial score (nSPS) is 13.9. The van der Waals surface area contributed by atoms with Crippen LogP contribution in [0.5, 0.6) is 0 Å². The lowest BCUT2D eigenvalue weighted by Crippen LogP contribution is -2.11. The van der Waals surface area contributed by atoms with Crippen LogP contribution in [-0.2, 0) is 9.47 Å². The van der Waals surface area contributed by atoms with Gasteiger partial charge in [0.05, 0.1) is 6.61 Å². The zero-order chi connectivity index (χ0) is 6.41. The largest absolute Gasteiger partial charge is 0.356 e. The topological polar surface area (TPSA) is 18.5 Å².